The predicted molar refractivity (Wildman–Crippen MR) is 114 cm³/mol. The van der Waals surface area contributed by atoms with Crippen LogP contribution in [0.15, 0.2) is 47.5 Å². The number of hydrogen-bond donors (Lipinski definition) is 0. The Morgan fingerprint density at radius 3 is 2.74 bits per heavy atom. The first kappa shape index (κ1) is 19.7. The van der Waals surface area contributed by atoms with Crippen molar-refractivity contribution in [2.24, 2.45) is 12.0 Å². The van der Waals surface area contributed by atoms with Crippen molar-refractivity contribution >= 4 is 39.2 Å². The number of methoxy groups -OCH3 is 1. The molecule has 1 aromatic heterocycles. The van der Waals surface area contributed by atoms with Gasteiger partial charge in [-0.15, -0.1) is 0 Å². The van der Waals surface area contributed by atoms with Crippen molar-refractivity contribution in [1.29, 1.82) is 0 Å². The summed E-state index contributed by atoms with van der Waals surface area (Å²) in [7, 11) is 3.60. The molecule has 27 heavy (non-hydrogen) atoms. The zero-order chi connectivity index (χ0) is 19.2. The molecular weight excluding hydrogens is 376 g/mol. The molecule has 0 radical (unpaired) electrons. The van der Waals surface area contributed by atoms with E-state index in [-0.39, 0.29) is 5.91 Å². The van der Waals surface area contributed by atoms with Crippen molar-refractivity contribution < 1.29 is 9.53 Å². The Kier molecular flexibility index (Phi) is 6.74. The number of benzene rings is 2. The summed E-state index contributed by atoms with van der Waals surface area (Å²) >= 11 is 3.40. The molecule has 0 aliphatic carbocycles. The first-order chi connectivity index (χ1) is 13.1. The molecule has 142 valence electrons. The van der Waals surface area contributed by atoms with Crippen LogP contribution < -0.4 is 9.54 Å². The van der Waals surface area contributed by atoms with Gasteiger partial charge in [-0.05, 0) is 36.3 Å². The molecule has 4 nitrogen and oxygen atoms in total. The number of ether oxygens (including phenoxy) is 1. The number of amides is 1. The monoisotopic (exact) mass is 400 g/mol. The van der Waals surface area contributed by atoms with Gasteiger partial charge in [0, 0.05) is 19.2 Å². The fourth-order valence-electron chi connectivity index (χ4n) is 2.87. The average Bonchev–Trinajstić information content (AvgIpc) is 3.00. The molecule has 0 aliphatic rings. The van der Waals surface area contributed by atoms with Gasteiger partial charge in [0.1, 0.15) is 11.3 Å². The number of carbonyl (C=O) groups is 1. The third kappa shape index (κ3) is 4.82. The van der Waals surface area contributed by atoms with Crippen LogP contribution in [0.1, 0.15) is 24.0 Å². The molecule has 0 N–H and O–H groups in total. The van der Waals surface area contributed by atoms with E-state index in [1.807, 2.05) is 41.6 Å². The van der Waals surface area contributed by atoms with Gasteiger partial charge in [-0.3, -0.25) is 4.79 Å². The summed E-state index contributed by atoms with van der Waals surface area (Å²) in [6.07, 6.45) is 1.32. The molecule has 6 heteroatoms. The molecular formula is C21H24N2O2S2. The van der Waals surface area contributed by atoms with Gasteiger partial charge < -0.3 is 9.30 Å². The second-order valence-corrected chi connectivity index (χ2v) is 8.44. The molecule has 0 bridgehead atoms. The van der Waals surface area contributed by atoms with E-state index in [1.54, 1.807) is 7.11 Å². The zero-order valence-electron chi connectivity index (χ0n) is 15.9. The van der Waals surface area contributed by atoms with E-state index in [4.69, 9.17) is 4.74 Å². The number of thioether (sulfide) groups is 1. The Morgan fingerprint density at radius 1 is 1.22 bits per heavy atom. The maximum atomic E-state index is 12.3. The van der Waals surface area contributed by atoms with Gasteiger partial charge in [0.05, 0.1) is 11.8 Å². The SMILES string of the molecule is COc1ccc(C)c2sc(=NC(=O)CCCSCc3ccccc3)n(C)c12. The van der Waals surface area contributed by atoms with Gasteiger partial charge in [0.2, 0.25) is 5.91 Å². The molecule has 2 aromatic carbocycles. The standard InChI is InChI=1S/C21H24N2O2S2/c1-15-11-12-17(25-3)19-20(15)27-21(23(19)2)22-18(24)10-7-13-26-14-16-8-5-4-6-9-16/h4-6,8-9,11-12H,7,10,13-14H2,1-3H3. The molecule has 0 atom stereocenters. The maximum absolute atomic E-state index is 12.3. The van der Waals surface area contributed by atoms with Crippen molar-refractivity contribution in [3.63, 3.8) is 0 Å². The lowest BCUT2D eigenvalue weighted by Crippen LogP contribution is -2.13. The molecule has 0 saturated carbocycles. The zero-order valence-corrected chi connectivity index (χ0v) is 17.5. The van der Waals surface area contributed by atoms with Crippen LogP contribution in [0, 0.1) is 6.92 Å². The number of carbonyl (C=O) groups excluding carboxylic acids is 1. The summed E-state index contributed by atoms with van der Waals surface area (Å²) in [5, 5.41) is 0. The molecule has 1 heterocycles. The number of nitrogens with zero attached hydrogens (tertiary/aromatic N) is 2. The highest BCUT2D eigenvalue weighted by Crippen LogP contribution is 2.29. The molecule has 0 spiro atoms. The third-order valence-electron chi connectivity index (χ3n) is 4.34. The van der Waals surface area contributed by atoms with Gasteiger partial charge in [0.25, 0.3) is 0 Å². The second kappa shape index (κ2) is 9.24. The lowest BCUT2D eigenvalue weighted by atomic mass is 10.2. The highest BCUT2D eigenvalue weighted by atomic mass is 32.2. The van der Waals surface area contributed by atoms with E-state index in [9.17, 15) is 4.79 Å². The summed E-state index contributed by atoms with van der Waals surface area (Å²) < 4.78 is 8.53. The molecule has 1 amide bonds. The van der Waals surface area contributed by atoms with Gasteiger partial charge in [0.15, 0.2) is 4.80 Å². The number of hydrogen-bond acceptors (Lipinski definition) is 4. The Labute approximate surface area is 167 Å². The summed E-state index contributed by atoms with van der Waals surface area (Å²) in [6.45, 7) is 2.06. The lowest BCUT2D eigenvalue weighted by Gasteiger charge is -2.05. The van der Waals surface area contributed by atoms with Crippen molar-refractivity contribution in [2.45, 2.75) is 25.5 Å². The lowest BCUT2D eigenvalue weighted by molar-refractivity contribution is -0.118. The van der Waals surface area contributed by atoms with E-state index >= 15 is 0 Å². The number of aromatic nitrogens is 1. The Balaban J connectivity index is 1.62. The molecule has 0 aliphatic heterocycles. The number of thiazole rings is 1. The largest absolute Gasteiger partial charge is 0.495 e. The number of rotatable bonds is 7. The highest BCUT2D eigenvalue weighted by molar-refractivity contribution is 7.98. The minimum absolute atomic E-state index is 0.0610. The molecule has 0 fully saturated rings. The van der Waals surface area contributed by atoms with Crippen LogP contribution in [0.5, 0.6) is 5.75 Å². The summed E-state index contributed by atoms with van der Waals surface area (Å²) in [5.41, 5.74) is 3.48. The van der Waals surface area contributed by atoms with E-state index in [0.29, 0.717) is 6.42 Å². The molecule has 0 unspecified atom stereocenters. The first-order valence-electron chi connectivity index (χ1n) is 8.92. The normalized spacial score (nSPS) is 11.9. The smallest absolute Gasteiger partial charge is 0.248 e. The minimum Gasteiger partial charge on any atom is -0.495 e. The van der Waals surface area contributed by atoms with Crippen molar-refractivity contribution in [1.82, 2.24) is 4.57 Å². The highest BCUT2D eigenvalue weighted by Gasteiger charge is 2.12. The van der Waals surface area contributed by atoms with Crippen molar-refractivity contribution in [3.8, 4) is 5.75 Å². The van der Waals surface area contributed by atoms with Gasteiger partial charge >= 0.3 is 0 Å². The van der Waals surface area contributed by atoms with Crippen LogP contribution in [0.25, 0.3) is 10.2 Å². The average molecular weight is 401 g/mol. The Morgan fingerprint density at radius 2 is 2.00 bits per heavy atom. The predicted octanol–water partition coefficient (Wildman–Crippen LogP) is 4.70. The number of fused-ring (bicyclic) bond motifs is 1. The fourth-order valence-corrected chi connectivity index (χ4v) is 4.91. The summed E-state index contributed by atoms with van der Waals surface area (Å²) in [4.78, 5) is 17.4. The van der Waals surface area contributed by atoms with Crippen molar-refractivity contribution in [2.75, 3.05) is 12.9 Å². The summed E-state index contributed by atoms with van der Waals surface area (Å²) in [6, 6.07) is 14.4. The minimum atomic E-state index is -0.0610. The number of aryl methyl sites for hydroxylation is 2. The van der Waals surface area contributed by atoms with Crippen LogP contribution >= 0.6 is 23.1 Å². The van der Waals surface area contributed by atoms with Crippen LogP contribution in [0.2, 0.25) is 0 Å². The first-order valence-corrected chi connectivity index (χ1v) is 10.9. The van der Waals surface area contributed by atoms with Crippen LogP contribution in [-0.4, -0.2) is 23.3 Å². The quantitative estimate of drug-likeness (QED) is 0.540. The van der Waals surface area contributed by atoms with Crippen LogP contribution in [0.4, 0.5) is 0 Å². The van der Waals surface area contributed by atoms with Crippen molar-refractivity contribution in [3.05, 3.63) is 58.4 Å². The van der Waals surface area contributed by atoms with E-state index in [2.05, 4.69) is 36.2 Å². The van der Waals surface area contributed by atoms with Gasteiger partial charge in [-0.2, -0.15) is 16.8 Å². The molecule has 0 saturated heterocycles. The van der Waals surface area contributed by atoms with E-state index in [1.165, 1.54) is 16.9 Å². The Hall–Kier alpha value is -2.05. The topological polar surface area (TPSA) is 43.6 Å². The molecule has 3 rings (SSSR count). The second-order valence-electron chi connectivity index (χ2n) is 6.35. The van der Waals surface area contributed by atoms with E-state index < -0.39 is 0 Å². The maximum Gasteiger partial charge on any atom is 0.248 e. The third-order valence-corrected chi connectivity index (χ3v) is 6.72. The summed E-state index contributed by atoms with van der Waals surface area (Å²) in [5.74, 6) is 2.69. The molecule has 3 aromatic rings. The van der Waals surface area contributed by atoms with Crippen LogP contribution in [0.3, 0.4) is 0 Å². The fraction of sp³-hybridized carbons (Fsp3) is 0.333. The van der Waals surface area contributed by atoms with Gasteiger partial charge in [-0.1, -0.05) is 47.7 Å². The van der Waals surface area contributed by atoms with Crippen LogP contribution in [-0.2, 0) is 17.6 Å². The van der Waals surface area contributed by atoms with Gasteiger partial charge in [-0.25, -0.2) is 0 Å². The van der Waals surface area contributed by atoms with E-state index in [0.717, 1.165) is 44.3 Å². The Bertz CT molecular complexity index is 991.